The maximum absolute atomic E-state index is 6.05. The number of nitrogens with zero attached hydrogens (tertiary/aromatic N) is 3. The van der Waals surface area contributed by atoms with Crippen LogP contribution in [0.3, 0.4) is 0 Å². The first-order valence-corrected chi connectivity index (χ1v) is 13.0. The normalized spacial score (nSPS) is 17.0. The lowest BCUT2D eigenvalue weighted by Crippen LogP contribution is -2.28. The Hall–Kier alpha value is -3.67. The van der Waals surface area contributed by atoms with Gasteiger partial charge in [0.2, 0.25) is 0 Å². The van der Waals surface area contributed by atoms with Gasteiger partial charge in [0.15, 0.2) is 11.4 Å². The number of aromatic nitrogens is 3. The molecule has 0 amide bonds. The van der Waals surface area contributed by atoms with E-state index in [2.05, 4.69) is 49.4 Å². The molecule has 0 radical (unpaired) electrons. The zero-order chi connectivity index (χ0) is 25.7. The summed E-state index contributed by atoms with van der Waals surface area (Å²) in [6, 6.07) is 25.6. The third-order valence-electron chi connectivity index (χ3n) is 6.57. The van der Waals surface area contributed by atoms with Gasteiger partial charge in [-0.05, 0) is 72.2 Å². The Kier molecular flexibility index (Phi) is 7.54. The minimum Gasteiger partial charge on any atom is -0.457 e. The maximum atomic E-state index is 6.05. The summed E-state index contributed by atoms with van der Waals surface area (Å²) < 4.78 is 13.9. The van der Waals surface area contributed by atoms with Crippen LogP contribution in [-0.2, 0) is 16.8 Å². The minimum atomic E-state index is -0.706. The van der Waals surface area contributed by atoms with E-state index >= 15 is 0 Å². The van der Waals surface area contributed by atoms with Crippen molar-refractivity contribution in [2.45, 2.75) is 38.2 Å². The molecule has 0 spiro atoms. The molecule has 1 atom stereocenters. The molecule has 188 valence electrons. The van der Waals surface area contributed by atoms with Crippen molar-refractivity contribution in [3.63, 3.8) is 0 Å². The zero-order valence-corrected chi connectivity index (χ0v) is 21.9. The van der Waals surface area contributed by atoms with Gasteiger partial charge in [-0.15, -0.1) is 5.10 Å². The summed E-state index contributed by atoms with van der Waals surface area (Å²) in [4.78, 5) is 4.99. The predicted molar refractivity (Wildman–Crippen MR) is 148 cm³/mol. The van der Waals surface area contributed by atoms with Crippen molar-refractivity contribution >= 4 is 17.2 Å². The van der Waals surface area contributed by atoms with Crippen molar-refractivity contribution in [1.29, 1.82) is 0 Å². The van der Waals surface area contributed by atoms with Crippen LogP contribution in [0.2, 0.25) is 5.02 Å². The van der Waals surface area contributed by atoms with Crippen LogP contribution in [0.4, 0.5) is 0 Å². The number of halogens is 1. The van der Waals surface area contributed by atoms with E-state index in [4.69, 9.17) is 31.2 Å². The Labute approximate surface area is 223 Å². The van der Waals surface area contributed by atoms with Gasteiger partial charge in [-0.1, -0.05) is 67.4 Å². The molecule has 1 unspecified atom stereocenters. The average Bonchev–Trinajstić information content (AvgIpc) is 3.39. The molecule has 0 fully saturated rings. The molecule has 0 saturated heterocycles. The SMILES string of the molecule is CCCCc1nc(C2(OC)C=CC(c3ccccc3)=CC2)nn1-c1ccc(Oc2ccc(Cl)cc2)cc1. The summed E-state index contributed by atoms with van der Waals surface area (Å²) in [7, 11) is 1.72. The van der Waals surface area contributed by atoms with E-state index in [0.29, 0.717) is 17.3 Å². The van der Waals surface area contributed by atoms with Gasteiger partial charge in [-0.2, -0.15) is 0 Å². The fraction of sp³-hybridized carbons (Fsp3) is 0.226. The van der Waals surface area contributed by atoms with Gasteiger partial charge in [0.05, 0.1) is 5.69 Å². The van der Waals surface area contributed by atoms with Crippen molar-refractivity contribution < 1.29 is 9.47 Å². The molecule has 37 heavy (non-hydrogen) atoms. The number of rotatable bonds is 9. The van der Waals surface area contributed by atoms with Crippen molar-refractivity contribution in [1.82, 2.24) is 14.8 Å². The highest BCUT2D eigenvalue weighted by molar-refractivity contribution is 6.30. The second kappa shape index (κ2) is 11.2. The van der Waals surface area contributed by atoms with Crippen LogP contribution in [0.5, 0.6) is 11.5 Å². The number of allylic oxidation sites excluding steroid dienone is 2. The summed E-state index contributed by atoms with van der Waals surface area (Å²) >= 11 is 5.98. The first kappa shape index (κ1) is 25.0. The first-order chi connectivity index (χ1) is 18.1. The number of aryl methyl sites for hydroxylation is 1. The predicted octanol–water partition coefficient (Wildman–Crippen LogP) is 7.94. The second-order valence-electron chi connectivity index (χ2n) is 9.07. The van der Waals surface area contributed by atoms with Crippen molar-refractivity contribution in [3.05, 3.63) is 119 Å². The number of unbranched alkanes of at least 4 members (excludes halogenated alkanes) is 1. The van der Waals surface area contributed by atoms with Gasteiger partial charge in [0.1, 0.15) is 17.3 Å². The fourth-order valence-electron chi connectivity index (χ4n) is 4.40. The van der Waals surface area contributed by atoms with E-state index in [1.54, 1.807) is 7.11 Å². The number of hydrogen-bond acceptors (Lipinski definition) is 4. The van der Waals surface area contributed by atoms with Crippen LogP contribution in [0.15, 0.2) is 97.1 Å². The molecular weight excluding hydrogens is 482 g/mol. The Morgan fingerprint density at radius 3 is 2.27 bits per heavy atom. The van der Waals surface area contributed by atoms with Gasteiger partial charge in [0.25, 0.3) is 0 Å². The Balaban J connectivity index is 1.42. The van der Waals surface area contributed by atoms with Crippen LogP contribution in [0.25, 0.3) is 11.3 Å². The molecule has 1 aliphatic carbocycles. The summed E-state index contributed by atoms with van der Waals surface area (Å²) in [5.41, 5.74) is 2.59. The first-order valence-electron chi connectivity index (χ1n) is 12.6. The number of methoxy groups -OCH3 is 1. The highest BCUT2D eigenvalue weighted by Gasteiger charge is 2.36. The van der Waals surface area contributed by atoms with Gasteiger partial charge in [-0.3, -0.25) is 0 Å². The van der Waals surface area contributed by atoms with Gasteiger partial charge < -0.3 is 9.47 Å². The maximum Gasteiger partial charge on any atom is 0.187 e. The molecule has 1 aromatic heterocycles. The van der Waals surface area contributed by atoms with Crippen molar-refractivity contribution in [2.75, 3.05) is 7.11 Å². The minimum absolute atomic E-state index is 0.662. The van der Waals surface area contributed by atoms with Crippen LogP contribution in [0, 0.1) is 0 Å². The molecule has 5 nitrogen and oxygen atoms in total. The van der Waals surface area contributed by atoms with E-state index in [9.17, 15) is 0 Å². The quantitative estimate of drug-likeness (QED) is 0.229. The van der Waals surface area contributed by atoms with E-state index < -0.39 is 5.60 Å². The largest absolute Gasteiger partial charge is 0.457 e. The molecular formula is C31H30ClN3O2. The van der Waals surface area contributed by atoms with Gasteiger partial charge in [-0.25, -0.2) is 9.67 Å². The van der Waals surface area contributed by atoms with Gasteiger partial charge >= 0.3 is 0 Å². The summed E-state index contributed by atoms with van der Waals surface area (Å²) in [5, 5.41) is 5.64. The van der Waals surface area contributed by atoms with Crippen molar-refractivity contribution in [2.24, 2.45) is 0 Å². The Morgan fingerprint density at radius 1 is 0.946 bits per heavy atom. The highest BCUT2D eigenvalue weighted by Crippen LogP contribution is 2.36. The molecule has 0 bridgehead atoms. The lowest BCUT2D eigenvalue weighted by atomic mass is 9.88. The summed E-state index contributed by atoms with van der Waals surface area (Å²) in [6.07, 6.45) is 10.0. The third-order valence-corrected chi connectivity index (χ3v) is 6.82. The summed E-state index contributed by atoms with van der Waals surface area (Å²) in [5.74, 6) is 3.06. The lowest BCUT2D eigenvalue weighted by Gasteiger charge is -2.28. The average molecular weight is 512 g/mol. The smallest absolute Gasteiger partial charge is 0.187 e. The highest BCUT2D eigenvalue weighted by atomic mass is 35.5. The van der Waals surface area contributed by atoms with Crippen LogP contribution < -0.4 is 4.74 Å². The summed E-state index contributed by atoms with van der Waals surface area (Å²) in [6.45, 7) is 2.18. The molecule has 3 aromatic carbocycles. The second-order valence-corrected chi connectivity index (χ2v) is 9.51. The van der Waals surface area contributed by atoms with E-state index in [1.165, 1.54) is 11.1 Å². The fourth-order valence-corrected chi connectivity index (χ4v) is 4.52. The van der Waals surface area contributed by atoms with Crippen LogP contribution >= 0.6 is 11.6 Å². The molecule has 0 aliphatic heterocycles. The molecule has 4 aromatic rings. The van der Waals surface area contributed by atoms with E-state index in [1.807, 2.05) is 59.3 Å². The Morgan fingerprint density at radius 2 is 1.65 bits per heavy atom. The number of benzene rings is 3. The zero-order valence-electron chi connectivity index (χ0n) is 21.1. The monoisotopic (exact) mass is 511 g/mol. The molecule has 0 saturated carbocycles. The topological polar surface area (TPSA) is 49.2 Å². The molecule has 6 heteroatoms. The Bertz CT molecular complexity index is 1390. The third kappa shape index (κ3) is 5.53. The standard InChI is InChI=1S/C31H30ClN3O2/c1-3-4-10-29-33-30(31(36-2)21-19-24(20-22-31)23-8-6-5-7-9-23)34-35(29)26-13-17-28(18-14-26)37-27-15-11-25(32)12-16-27/h5-9,11-21H,3-4,10,22H2,1-2H3. The lowest BCUT2D eigenvalue weighted by molar-refractivity contribution is 0.0233. The van der Waals surface area contributed by atoms with E-state index in [0.717, 1.165) is 42.3 Å². The van der Waals surface area contributed by atoms with Crippen LogP contribution in [0.1, 0.15) is 43.4 Å². The molecule has 0 N–H and O–H groups in total. The van der Waals surface area contributed by atoms with Crippen LogP contribution in [-0.4, -0.2) is 21.9 Å². The molecule has 1 heterocycles. The molecule has 5 rings (SSSR count). The van der Waals surface area contributed by atoms with Crippen molar-refractivity contribution in [3.8, 4) is 17.2 Å². The van der Waals surface area contributed by atoms with E-state index in [-0.39, 0.29) is 0 Å². The number of ether oxygens (including phenoxy) is 2. The number of hydrogen-bond donors (Lipinski definition) is 0. The molecule has 1 aliphatic rings. The van der Waals surface area contributed by atoms with Gasteiger partial charge in [0, 0.05) is 25.0 Å².